The zero-order valence-electron chi connectivity index (χ0n) is 27.4. The number of carboxylic acid groups (broad SMARTS) is 1. The van der Waals surface area contributed by atoms with Crippen LogP contribution in [0.3, 0.4) is 0 Å². The number of hydrogen-bond acceptors (Lipinski definition) is 6. The molecular weight excluding hydrogens is 624 g/mol. The highest BCUT2D eigenvalue weighted by molar-refractivity contribution is 5.95. The molecule has 5 aromatic rings. The molecule has 2 aromatic heterocycles. The van der Waals surface area contributed by atoms with Crippen LogP contribution in [0.2, 0.25) is 0 Å². The molecule has 12 heteroatoms. The number of rotatable bonds is 15. The fraction of sp³-hybridized carbons (Fsp3) is 0.297. The van der Waals surface area contributed by atoms with Crippen LogP contribution in [0.1, 0.15) is 37.0 Å². The number of nitrogens with one attached hydrogen (secondary N) is 5. The first kappa shape index (κ1) is 34.7. The van der Waals surface area contributed by atoms with Crippen molar-refractivity contribution in [3.05, 3.63) is 102 Å². The number of carbonyl (C=O) groups excluding carboxylic acids is 3. The molecule has 0 aliphatic carbocycles. The number of hydrogen-bond donors (Lipinski definition) is 8. The van der Waals surface area contributed by atoms with Crippen LogP contribution >= 0.6 is 0 Å². The highest BCUT2D eigenvalue weighted by Crippen LogP contribution is 2.21. The molecular formula is C37H42N6O6. The lowest BCUT2D eigenvalue weighted by Crippen LogP contribution is -2.58. The maximum Gasteiger partial charge on any atom is 0.326 e. The number of carboxylic acids is 1. The first-order valence-corrected chi connectivity index (χ1v) is 16.3. The molecule has 5 atom stereocenters. The van der Waals surface area contributed by atoms with E-state index in [1.165, 1.54) is 12.1 Å². The van der Waals surface area contributed by atoms with Gasteiger partial charge < -0.3 is 41.9 Å². The minimum atomic E-state index is -1.20. The van der Waals surface area contributed by atoms with E-state index in [9.17, 15) is 29.4 Å². The van der Waals surface area contributed by atoms with Crippen LogP contribution in [0.4, 0.5) is 0 Å². The Hall–Kier alpha value is -5.62. The van der Waals surface area contributed by atoms with Gasteiger partial charge in [0.2, 0.25) is 17.7 Å². The maximum atomic E-state index is 14.1. The lowest BCUT2D eigenvalue weighted by Gasteiger charge is -2.27. The van der Waals surface area contributed by atoms with Crippen LogP contribution in [0.15, 0.2) is 85.2 Å². The van der Waals surface area contributed by atoms with Gasteiger partial charge in [0.25, 0.3) is 0 Å². The van der Waals surface area contributed by atoms with Crippen LogP contribution in [0.25, 0.3) is 21.8 Å². The Morgan fingerprint density at radius 3 is 1.80 bits per heavy atom. The van der Waals surface area contributed by atoms with E-state index < -0.39 is 47.9 Å². The molecule has 256 valence electrons. The van der Waals surface area contributed by atoms with Gasteiger partial charge in [-0.25, -0.2) is 4.79 Å². The third kappa shape index (κ3) is 8.46. The summed E-state index contributed by atoms with van der Waals surface area (Å²) in [5.41, 5.74) is 10.4. The Balaban J connectivity index is 1.40. The number of para-hydroxylation sites is 2. The number of phenols is 1. The number of amides is 3. The first-order valence-electron chi connectivity index (χ1n) is 16.3. The van der Waals surface area contributed by atoms with Crippen LogP contribution in [0.5, 0.6) is 5.75 Å². The van der Waals surface area contributed by atoms with Crippen molar-refractivity contribution in [3.63, 3.8) is 0 Å². The highest BCUT2D eigenvalue weighted by Gasteiger charge is 2.32. The zero-order chi connectivity index (χ0) is 35.1. The van der Waals surface area contributed by atoms with Gasteiger partial charge in [-0.1, -0.05) is 68.8 Å². The summed E-state index contributed by atoms with van der Waals surface area (Å²) >= 11 is 0. The smallest absolute Gasteiger partial charge is 0.326 e. The van der Waals surface area contributed by atoms with Crippen molar-refractivity contribution in [1.82, 2.24) is 25.9 Å². The van der Waals surface area contributed by atoms with E-state index >= 15 is 0 Å². The monoisotopic (exact) mass is 666 g/mol. The summed E-state index contributed by atoms with van der Waals surface area (Å²) in [6.45, 7) is 3.54. The third-order valence-electron chi connectivity index (χ3n) is 8.97. The van der Waals surface area contributed by atoms with Gasteiger partial charge in [-0.3, -0.25) is 14.4 Å². The molecule has 0 fully saturated rings. The topological polar surface area (TPSA) is 202 Å². The predicted octanol–water partition coefficient (Wildman–Crippen LogP) is 3.30. The summed E-state index contributed by atoms with van der Waals surface area (Å²) in [7, 11) is 0. The molecule has 3 amide bonds. The Kier molecular flexibility index (Phi) is 11.0. The molecule has 2 heterocycles. The van der Waals surface area contributed by atoms with Crippen molar-refractivity contribution in [1.29, 1.82) is 0 Å². The van der Waals surface area contributed by atoms with Crippen molar-refractivity contribution >= 4 is 45.5 Å². The SMILES string of the molecule is CCC(C)C(NC(=O)C(Cc1ccc(O)cc1)NC(=O)C(Cc1c[nH]c2ccccc12)NC(=O)C(N)Cc1c[nH]c2ccccc12)C(=O)O. The van der Waals surface area contributed by atoms with Gasteiger partial charge in [-0.15, -0.1) is 0 Å². The summed E-state index contributed by atoms with van der Waals surface area (Å²) in [5.74, 6) is -3.42. The Labute approximate surface area is 283 Å². The molecule has 0 saturated carbocycles. The summed E-state index contributed by atoms with van der Waals surface area (Å²) in [6, 6.07) is 16.9. The molecule has 0 saturated heterocycles. The number of H-pyrrole nitrogens is 2. The summed E-state index contributed by atoms with van der Waals surface area (Å²) in [6.07, 6.45) is 4.38. The zero-order valence-corrected chi connectivity index (χ0v) is 27.4. The number of carbonyl (C=O) groups is 4. The number of aromatic nitrogens is 2. The molecule has 9 N–H and O–H groups in total. The predicted molar refractivity (Wildman–Crippen MR) is 187 cm³/mol. The minimum absolute atomic E-state index is 0.00146. The quantitative estimate of drug-likeness (QED) is 0.0837. The number of aliphatic carboxylic acids is 1. The van der Waals surface area contributed by atoms with E-state index in [0.29, 0.717) is 12.0 Å². The van der Waals surface area contributed by atoms with E-state index in [1.807, 2.05) is 61.7 Å². The van der Waals surface area contributed by atoms with Crippen molar-refractivity contribution in [3.8, 4) is 5.75 Å². The largest absolute Gasteiger partial charge is 0.508 e. The van der Waals surface area contributed by atoms with Crippen LogP contribution in [-0.4, -0.2) is 68.0 Å². The van der Waals surface area contributed by atoms with Gasteiger partial charge in [-0.2, -0.15) is 0 Å². The maximum absolute atomic E-state index is 14.1. The lowest BCUT2D eigenvalue weighted by molar-refractivity contribution is -0.143. The average Bonchev–Trinajstić information content (AvgIpc) is 3.70. The Bertz CT molecular complexity index is 1930. The number of aromatic hydroxyl groups is 1. The molecule has 0 spiro atoms. The molecule has 0 aliphatic heterocycles. The second-order valence-electron chi connectivity index (χ2n) is 12.4. The van der Waals surface area contributed by atoms with E-state index in [1.54, 1.807) is 25.3 Å². The molecule has 0 bridgehead atoms. The van der Waals surface area contributed by atoms with E-state index in [4.69, 9.17) is 5.73 Å². The van der Waals surface area contributed by atoms with Gasteiger partial charge in [0, 0.05) is 47.0 Å². The Morgan fingerprint density at radius 2 is 1.22 bits per heavy atom. The van der Waals surface area contributed by atoms with Gasteiger partial charge in [0.05, 0.1) is 6.04 Å². The second-order valence-corrected chi connectivity index (χ2v) is 12.4. The Morgan fingerprint density at radius 1 is 0.714 bits per heavy atom. The van der Waals surface area contributed by atoms with Crippen molar-refractivity contribution < 1.29 is 29.4 Å². The molecule has 5 unspecified atom stereocenters. The number of aromatic amines is 2. The summed E-state index contributed by atoms with van der Waals surface area (Å²) in [5, 5.41) is 29.6. The first-order chi connectivity index (χ1) is 23.5. The highest BCUT2D eigenvalue weighted by atomic mass is 16.4. The van der Waals surface area contributed by atoms with Crippen molar-refractivity contribution in [2.24, 2.45) is 11.7 Å². The number of phenolic OH excluding ortho intramolecular Hbond substituents is 1. The second kappa shape index (κ2) is 15.5. The van der Waals surface area contributed by atoms with E-state index in [0.717, 1.165) is 32.9 Å². The third-order valence-corrected chi connectivity index (χ3v) is 8.97. The summed E-state index contributed by atoms with van der Waals surface area (Å²) < 4.78 is 0. The fourth-order valence-corrected chi connectivity index (χ4v) is 5.92. The standard InChI is InChI=1S/C37H42N6O6/c1-3-21(2)33(37(48)49)43-36(47)31(16-22-12-14-25(44)15-13-22)42-35(46)32(18-24-20-40-30-11-7-5-9-27(24)30)41-34(45)28(38)17-23-19-39-29-10-6-4-8-26(23)29/h4-15,19-21,28,31-33,39-40,44H,3,16-18,38H2,1-2H3,(H,41,45)(H,42,46)(H,43,47)(H,48,49). The molecule has 49 heavy (non-hydrogen) atoms. The molecule has 12 nitrogen and oxygen atoms in total. The van der Waals surface area contributed by atoms with Crippen molar-refractivity contribution in [2.75, 3.05) is 0 Å². The molecule has 3 aromatic carbocycles. The van der Waals surface area contributed by atoms with Crippen molar-refractivity contribution in [2.45, 2.75) is 63.7 Å². The number of nitrogens with two attached hydrogens (primary N) is 1. The number of benzene rings is 3. The van der Waals surface area contributed by atoms with Gasteiger partial charge >= 0.3 is 5.97 Å². The van der Waals surface area contributed by atoms with Gasteiger partial charge in [0.1, 0.15) is 23.9 Å². The van der Waals surface area contributed by atoms with Crippen LogP contribution < -0.4 is 21.7 Å². The average molecular weight is 667 g/mol. The minimum Gasteiger partial charge on any atom is -0.508 e. The molecule has 5 rings (SSSR count). The summed E-state index contributed by atoms with van der Waals surface area (Å²) in [4.78, 5) is 59.8. The molecule has 0 radical (unpaired) electrons. The van der Waals surface area contributed by atoms with E-state index in [-0.39, 0.29) is 30.9 Å². The lowest BCUT2D eigenvalue weighted by atomic mass is 9.97. The normalized spacial score (nSPS) is 14.4. The van der Waals surface area contributed by atoms with Crippen LogP contribution in [0, 0.1) is 5.92 Å². The van der Waals surface area contributed by atoms with E-state index in [2.05, 4.69) is 25.9 Å². The number of fused-ring (bicyclic) bond motifs is 2. The molecule has 0 aliphatic rings. The fourth-order valence-electron chi connectivity index (χ4n) is 5.92. The van der Waals surface area contributed by atoms with Crippen LogP contribution in [-0.2, 0) is 38.4 Å². The van der Waals surface area contributed by atoms with Gasteiger partial charge in [0.15, 0.2) is 0 Å². The van der Waals surface area contributed by atoms with Gasteiger partial charge in [-0.05, 0) is 53.3 Å².